The minimum absolute atomic E-state index is 0.0722. The Morgan fingerprint density at radius 2 is 1.91 bits per heavy atom. The maximum absolute atomic E-state index is 14.3. The molecule has 3 aliphatic rings. The lowest BCUT2D eigenvalue weighted by molar-refractivity contribution is -0.139. The first-order chi connectivity index (χ1) is 25.6. The van der Waals surface area contributed by atoms with Crippen LogP contribution in [-0.4, -0.2) is 82.9 Å². The van der Waals surface area contributed by atoms with Gasteiger partial charge in [0.2, 0.25) is 11.8 Å². The van der Waals surface area contributed by atoms with Crippen molar-refractivity contribution in [2.45, 2.75) is 76.6 Å². The minimum Gasteiger partial charge on any atom is -0.494 e. The number of halogens is 1. The minimum atomic E-state index is -1.94. The molecule has 1 fully saturated rings. The molecular weight excluding hydrogens is 696 g/mol. The fraction of sp³-hybridized carbons (Fsp3) is 0.439. The van der Waals surface area contributed by atoms with Gasteiger partial charge in [-0.2, -0.15) is 0 Å². The molecule has 12 heteroatoms. The molecule has 3 heterocycles. The average Bonchev–Trinajstić information content (AvgIpc) is 3.72. The highest BCUT2D eigenvalue weighted by molar-refractivity contribution is 6.31. The molecule has 3 amide bonds. The van der Waals surface area contributed by atoms with Gasteiger partial charge in [-0.15, -0.1) is 0 Å². The van der Waals surface area contributed by atoms with Crippen LogP contribution in [0.1, 0.15) is 62.6 Å². The summed E-state index contributed by atoms with van der Waals surface area (Å²) in [5.41, 5.74) is 2.08. The zero-order chi connectivity index (χ0) is 37.7. The van der Waals surface area contributed by atoms with E-state index in [2.05, 4.69) is 5.32 Å². The molecule has 3 aliphatic heterocycles. The summed E-state index contributed by atoms with van der Waals surface area (Å²) in [7, 11) is 0. The molecule has 0 saturated carbocycles. The van der Waals surface area contributed by atoms with E-state index in [4.69, 9.17) is 16.3 Å². The van der Waals surface area contributed by atoms with Crippen LogP contribution in [-0.2, 0) is 33.0 Å². The summed E-state index contributed by atoms with van der Waals surface area (Å²) in [6.07, 6.45) is 6.96. The summed E-state index contributed by atoms with van der Waals surface area (Å²) >= 11 is 6.41. The summed E-state index contributed by atoms with van der Waals surface area (Å²) < 4.78 is 5.78. The Morgan fingerprint density at radius 1 is 1.09 bits per heavy atom. The van der Waals surface area contributed by atoms with Crippen molar-refractivity contribution in [1.82, 2.24) is 10.2 Å². The van der Waals surface area contributed by atoms with Gasteiger partial charge in [-0.05, 0) is 105 Å². The number of rotatable bonds is 15. The molecule has 1 saturated heterocycles. The van der Waals surface area contributed by atoms with Gasteiger partial charge in [0.15, 0.2) is 5.60 Å². The van der Waals surface area contributed by atoms with Crippen molar-refractivity contribution in [2.24, 2.45) is 5.92 Å². The summed E-state index contributed by atoms with van der Waals surface area (Å²) in [4.78, 5) is 46.2. The summed E-state index contributed by atoms with van der Waals surface area (Å²) in [5, 5.41) is 34.8. The van der Waals surface area contributed by atoms with Crippen molar-refractivity contribution in [3.8, 4) is 5.75 Å². The second-order valence-electron chi connectivity index (χ2n) is 14.0. The van der Waals surface area contributed by atoms with Crippen molar-refractivity contribution < 1.29 is 34.4 Å². The third-order valence-corrected chi connectivity index (χ3v) is 10.8. The topological polar surface area (TPSA) is 143 Å². The Morgan fingerprint density at radius 3 is 2.68 bits per heavy atom. The number of unbranched alkanes of at least 4 members (excludes halogenated alkanes) is 1. The van der Waals surface area contributed by atoms with Gasteiger partial charge in [0.25, 0.3) is 5.91 Å². The average molecular weight is 745 g/mol. The van der Waals surface area contributed by atoms with E-state index in [1.807, 2.05) is 49.4 Å². The predicted octanol–water partition coefficient (Wildman–Crippen LogP) is 4.99. The van der Waals surface area contributed by atoms with E-state index < -0.39 is 23.5 Å². The number of hydrogen-bond acceptors (Lipinski definition) is 8. The Bertz CT molecular complexity index is 1850. The van der Waals surface area contributed by atoms with Crippen LogP contribution in [0.2, 0.25) is 5.02 Å². The first-order valence-electron chi connectivity index (χ1n) is 18.5. The SMILES string of the molecule is CCOc1ccc2c(c1)CC(NCCCCO)C(=O)N2c1cccc(CN2C(=O)[C@@](O)([C@@H](C)/C=C/CC(=O)N3CCC[C@H]3CO)c3cc(Cl)ccc32)c1. The highest BCUT2D eigenvalue weighted by Gasteiger charge is 2.52. The van der Waals surface area contributed by atoms with Crippen LogP contribution in [0.4, 0.5) is 17.1 Å². The number of nitrogens with one attached hydrogen (secondary N) is 1. The van der Waals surface area contributed by atoms with Crippen molar-refractivity contribution in [3.05, 3.63) is 94.5 Å². The zero-order valence-corrected chi connectivity index (χ0v) is 31.1. The van der Waals surface area contributed by atoms with Crippen molar-refractivity contribution in [2.75, 3.05) is 42.7 Å². The molecule has 0 bridgehead atoms. The molecule has 0 aromatic heterocycles. The normalized spacial score (nSPS) is 21.7. The molecule has 53 heavy (non-hydrogen) atoms. The maximum Gasteiger partial charge on any atom is 0.264 e. The number of ether oxygens (including phenoxy) is 1. The second-order valence-corrected chi connectivity index (χ2v) is 14.5. The third kappa shape index (κ3) is 7.86. The third-order valence-electron chi connectivity index (χ3n) is 10.5. The summed E-state index contributed by atoms with van der Waals surface area (Å²) in [6.45, 7) is 5.52. The van der Waals surface area contributed by atoms with Crippen LogP contribution in [0.5, 0.6) is 5.75 Å². The van der Waals surface area contributed by atoms with Gasteiger partial charge in [0.1, 0.15) is 5.75 Å². The molecule has 0 spiro atoms. The number of anilines is 3. The molecule has 11 nitrogen and oxygen atoms in total. The number of carbonyl (C=O) groups is 3. The van der Waals surface area contributed by atoms with E-state index in [0.717, 1.165) is 41.8 Å². The number of benzene rings is 3. The lowest BCUT2D eigenvalue weighted by Crippen LogP contribution is -2.49. The van der Waals surface area contributed by atoms with Crippen molar-refractivity contribution >= 4 is 46.4 Å². The molecule has 6 rings (SSSR count). The van der Waals surface area contributed by atoms with Crippen LogP contribution in [0, 0.1) is 5.92 Å². The van der Waals surface area contributed by atoms with E-state index in [9.17, 15) is 29.7 Å². The standard InChI is InChI=1S/C41H49ClN4O7/c1-3-53-33-15-17-36-29(22-33)23-35(43-18-4-5-20-47)39(50)46(36)31-11-7-10-28(21-31)25-45-37-16-14-30(42)24-34(37)41(52,40(45)51)27(2)9-6-13-38(49)44-19-8-12-32(44)26-48/h6-7,9-11,14-17,21-22,24,27,32,35,43,47-48,52H,3-5,8,12-13,18-20,23,25-26H2,1-2H3/b9-6+/t27-,32-,35?,41+/m0/s1. The summed E-state index contributed by atoms with van der Waals surface area (Å²) in [5.74, 6) is -0.698. The number of amides is 3. The van der Waals surface area contributed by atoms with Gasteiger partial charge in [0, 0.05) is 41.8 Å². The van der Waals surface area contributed by atoms with Crippen LogP contribution in [0.25, 0.3) is 0 Å². The molecular formula is C41H49ClN4O7. The van der Waals surface area contributed by atoms with Crippen molar-refractivity contribution in [3.63, 3.8) is 0 Å². The molecule has 1 unspecified atom stereocenters. The van der Waals surface area contributed by atoms with E-state index in [0.29, 0.717) is 54.5 Å². The lowest BCUT2D eigenvalue weighted by Gasteiger charge is -2.35. The zero-order valence-electron chi connectivity index (χ0n) is 30.3. The van der Waals surface area contributed by atoms with Gasteiger partial charge in [-0.25, -0.2) is 0 Å². The van der Waals surface area contributed by atoms with Gasteiger partial charge in [-0.1, -0.05) is 42.8 Å². The fourth-order valence-corrected chi connectivity index (χ4v) is 7.93. The van der Waals surface area contributed by atoms with Gasteiger partial charge in [-0.3, -0.25) is 19.3 Å². The lowest BCUT2D eigenvalue weighted by atomic mass is 9.83. The molecule has 0 radical (unpaired) electrons. The Balaban J connectivity index is 1.26. The molecule has 3 aromatic rings. The van der Waals surface area contributed by atoms with Crippen molar-refractivity contribution in [1.29, 1.82) is 0 Å². The van der Waals surface area contributed by atoms with E-state index in [-0.39, 0.29) is 44.0 Å². The Labute approximate surface area is 315 Å². The van der Waals surface area contributed by atoms with Crippen LogP contribution < -0.4 is 19.9 Å². The Hall–Kier alpha value is -4.26. The van der Waals surface area contributed by atoms with Crippen LogP contribution in [0.15, 0.2) is 72.8 Å². The molecule has 3 aromatic carbocycles. The fourth-order valence-electron chi connectivity index (χ4n) is 7.76. The molecule has 4 N–H and O–H groups in total. The maximum atomic E-state index is 14.3. The quantitative estimate of drug-likeness (QED) is 0.126. The number of likely N-dealkylation sites (tertiary alicyclic amines) is 1. The number of aliphatic hydroxyl groups is 3. The number of carbonyl (C=O) groups excluding carboxylic acids is 3. The van der Waals surface area contributed by atoms with Crippen LogP contribution >= 0.6 is 11.6 Å². The molecule has 4 atom stereocenters. The highest BCUT2D eigenvalue weighted by atomic mass is 35.5. The number of fused-ring (bicyclic) bond motifs is 2. The van der Waals surface area contributed by atoms with E-state index in [1.165, 1.54) is 0 Å². The molecule has 282 valence electrons. The number of nitrogens with zero attached hydrogens (tertiary/aromatic N) is 3. The highest BCUT2D eigenvalue weighted by Crippen LogP contribution is 2.47. The molecule has 0 aliphatic carbocycles. The first kappa shape index (κ1) is 38.5. The van der Waals surface area contributed by atoms with Gasteiger partial charge < -0.3 is 35.2 Å². The summed E-state index contributed by atoms with van der Waals surface area (Å²) in [6, 6.07) is 17.6. The Kier molecular flexibility index (Phi) is 12.2. The number of aliphatic hydroxyl groups excluding tert-OH is 2. The van der Waals surface area contributed by atoms with Gasteiger partial charge >= 0.3 is 0 Å². The smallest absolute Gasteiger partial charge is 0.264 e. The van der Waals surface area contributed by atoms with E-state index in [1.54, 1.807) is 52.0 Å². The monoisotopic (exact) mass is 744 g/mol. The number of hydrogen-bond donors (Lipinski definition) is 4. The van der Waals surface area contributed by atoms with E-state index >= 15 is 0 Å². The first-order valence-corrected chi connectivity index (χ1v) is 18.9. The largest absolute Gasteiger partial charge is 0.494 e. The van der Waals surface area contributed by atoms with Crippen LogP contribution in [0.3, 0.4) is 0 Å². The predicted molar refractivity (Wildman–Crippen MR) is 204 cm³/mol. The van der Waals surface area contributed by atoms with Gasteiger partial charge in [0.05, 0.1) is 43.2 Å². The second kappa shape index (κ2) is 16.8.